The van der Waals surface area contributed by atoms with Crippen LogP contribution in [0.3, 0.4) is 0 Å². The molecule has 154 valence electrons. The lowest BCUT2D eigenvalue weighted by Gasteiger charge is -2.10. The highest BCUT2D eigenvalue weighted by Crippen LogP contribution is 2.33. The fourth-order valence-electron chi connectivity index (χ4n) is 3.08. The first-order valence-electron chi connectivity index (χ1n) is 8.57. The van der Waals surface area contributed by atoms with E-state index in [1.54, 1.807) is 24.3 Å². The Kier molecular flexibility index (Phi) is 4.61. The summed E-state index contributed by atoms with van der Waals surface area (Å²) < 4.78 is 78.4. The second kappa shape index (κ2) is 6.91. The first-order chi connectivity index (χ1) is 14.1. The van der Waals surface area contributed by atoms with Crippen LogP contribution in [-0.4, -0.2) is 29.4 Å². The van der Waals surface area contributed by atoms with Crippen molar-refractivity contribution >= 4 is 20.7 Å². The molecule has 10 heteroatoms. The fraction of sp³-hybridized carbons (Fsp3) is 0.100. The maximum Gasteiger partial charge on any atom is 0.416 e. The Morgan fingerprint density at radius 2 is 1.73 bits per heavy atom. The summed E-state index contributed by atoms with van der Waals surface area (Å²) in [5.41, 5.74) is -0.588. The van der Waals surface area contributed by atoms with Crippen LogP contribution in [0.15, 0.2) is 65.8 Å². The molecule has 0 saturated heterocycles. The molecule has 0 spiro atoms. The first-order valence-corrected chi connectivity index (χ1v) is 10.5. The van der Waals surface area contributed by atoms with Crippen molar-refractivity contribution in [1.29, 1.82) is 0 Å². The molecule has 2 heterocycles. The van der Waals surface area contributed by atoms with Crippen LogP contribution in [0.2, 0.25) is 0 Å². The number of hydrogen-bond acceptors (Lipinski definition) is 4. The van der Waals surface area contributed by atoms with Crippen LogP contribution in [0, 0.1) is 5.82 Å². The number of pyridine rings is 1. The Balaban J connectivity index is 1.81. The van der Waals surface area contributed by atoms with E-state index in [-0.39, 0.29) is 22.0 Å². The molecule has 0 bridgehead atoms. The molecular formula is C20H13F4N3O2S. The average molecular weight is 435 g/mol. The second-order valence-electron chi connectivity index (χ2n) is 6.60. The minimum absolute atomic E-state index is 0.118. The van der Waals surface area contributed by atoms with Crippen LogP contribution in [-0.2, 0) is 16.0 Å². The van der Waals surface area contributed by atoms with Crippen molar-refractivity contribution < 1.29 is 26.0 Å². The van der Waals surface area contributed by atoms with Crippen LogP contribution in [0.1, 0.15) is 5.56 Å². The van der Waals surface area contributed by atoms with Gasteiger partial charge in [0.2, 0.25) is 0 Å². The number of benzene rings is 2. The van der Waals surface area contributed by atoms with E-state index in [1.165, 1.54) is 23.0 Å². The van der Waals surface area contributed by atoms with Gasteiger partial charge in [-0.2, -0.15) is 18.3 Å². The van der Waals surface area contributed by atoms with Gasteiger partial charge in [0.05, 0.1) is 11.1 Å². The number of fused-ring (bicyclic) bond motifs is 1. The summed E-state index contributed by atoms with van der Waals surface area (Å²) in [7, 11) is -3.61. The van der Waals surface area contributed by atoms with Gasteiger partial charge in [-0.3, -0.25) is 0 Å². The molecule has 0 amide bonds. The molecule has 0 atom stereocenters. The van der Waals surface area contributed by atoms with Gasteiger partial charge in [0.1, 0.15) is 5.82 Å². The number of alkyl halides is 3. The molecule has 0 radical (unpaired) electrons. The smallest absolute Gasteiger partial charge is 0.236 e. The van der Waals surface area contributed by atoms with E-state index >= 15 is 0 Å². The summed E-state index contributed by atoms with van der Waals surface area (Å²) in [5, 5.41) is 4.43. The number of halogens is 4. The third-order valence-electron chi connectivity index (χ3n) is 4.47. The van der Waals surface area contributed by atoms with E-state index in [1.807, 2.05) is 0 Å². The molecule has 5 nitrogen and oxygen atoms in total. The van der Waals surface area contributed by atoms with Crippen molar-refractivity contribution in [1.82, 2.24) is 14.8 Å². The molecule has 0 aliphatic carbocycles. The lowest BCUT2D eigenvalue weighted by atomic mass is 10.0. The van der Waals surface area contributed by atoms with Crippen LogP contribution in [0.5, 0.6) is 0 Å². The Morgan fingerprint density at radius 1 is 1.00 bits per heavy atom. The summed E-state index contributed by atoms with van der Waals surface area (Å²) in [4.78, 5) is 4.16. The van der Waals surface area contributed by atoms with E-state index in [0.29, 0.717) is 17.0 Å². The van der Waals surface area contributed by atoms with Gasteiger partial charge in [-0.05, 0) is 42.5 Å². The number of hydrogen-bond donors (Lipinski definition) is 0. The summed E-state index contributed by atoms with van der Waals surface area (Å²) in [5.74, 6) is -0.585. The quantitative estimate of drug-likeness (QED) is 0.440. The molecule has 0 unspecified atom stereocenters. The predicted molar refractivity (Wildman–Crippen MR) is 102 cm³/mol. The Hall–Kier alpha value is -3.27. The van der Waals surface area contributed by atoms with Crippen molar-refractivity contribution in [2.24, 2.45) is 0 Å². The van der Waals surface area contributed by atoms with Crippen molar-refractivity contribution in [3.63, 3.8) is 0 Å². The highest BCUT2D eigenvalue weighted by molar-refractivity contribution is 7.90. The SMILES string of the molecule is CS(=O)(=O)c1nn(-c2ccc(-c3cc(C(F)(F)F)ccc3F)cn2)c2ccccc12. The van der Waals surface area contributed by atoms with Crippen molar-refractivity contribution in [2.45, 2.75) is 11.2 Å². The Bertz CT molecular complexity index is 1360. The maximum absolute atomic E-state index is 14.1. The molecule has 2 aromatic carbocycles. The van der Waals surface area contributed by atoms with Crippen LogP contribution < -0.4 is 0 Å². The lowest BCUT2D eigenvalue weighted by Crippen LogP contribution is -2.05. The van der Waals surface area contributed by atoms with E-state index < -0.39 is 27.4 Å². The molecule has 0 fully saturated rings. The molecule has 0 saturated carbocycles. The van der Waals surface area contributed by atoms with Gasteiger partial charge in [-0.1, -0.05) is 12.1 Å². The van der Waals surface area contributed by atoms with Crippen molar-refractivity contribution in [3.05, 3.63) is 72.2 Å². The maximum atomic E-state index is 14.1. The second-order valence-corrected chi connectivity index (χ2v) is 8.53. The van der Waals surface area contributed by atoms with E-state index in [4.69, 9.17) is 0 Å². The third kappa shape index (κ3) is 3.54. The molecule has 0 aliphatic rings. The van der Waals surface area contributed by atoms with Gasteiger partial charge in [0, 0.05) is 29.0 Å². The summed E-state index contributed by atoms with van der Waals surface area (Å²) in [6.45, 7) is 0. The number of sulfone groups is 1. The zero-order valence-electron chi connectivity index (χ0n) is 15.4. The van der Waals surface area contributed by atoms with Crippen LogP contribution >= 0.6 is 0 Å². The number of nitrogens with zero attached hydrogens (tertiary/aromatic N) is 3. The predicted octanol–water partition coefficient (Wildman–Crippen LogP) is 4.65. The van der Waals surface area contributed by atoms with Crippen LogP contribution in [0.25, 0.3) is 27.8 Å². The van der Waals surface area contributed by atoms with E-state index in [9.17, 15) is 26.0 Å². The number of rotatable bonds is 3. The van der Waals surface area contributed by atoms with E-state index in [0.717, 1.165) is 18.4 Å². The standard InChI is InChI=1S/C20H13F4N3O2S/c1-30(28,29)19-14-4-2-3-5-17(14)27(26-19)18-9-6-12(11-25-18)15-10-13(20(22,23)24)7-8-16(15)21/h2-11H,1H3. The van der Waals surface area contributed by atoms with Crippen molar-refractivity contribution in [2.75, 3.05) is 6.26 Å². The number of para-hydroxylation sites is 1. The van der Waals surface area contributed by atoms with Crippen LogP contribution in [0.4, 0.5) is 17.6 Å². The highest BCUT2D eigenvalue weighted by atomic mass is 32.2. The monoisotopic (exact) mass is 435 g/mol. The third-order valence-corrected chi connectivity index (χ3v) is 5.48. The largest absolute Gasteiger partial charge is 0.416 e. The molecule has 0 aliphatic heterocycles. The minimum Gasteiger partial charge on any atom is -0.236 e. The van der Waals surface area contributed by atoms with Crippen molar-refractivity contribution in [3.8, 4) is 16.9 Å². The summed E-state index contributed by atoms with van der Waals surface area (Å²) in [6, 6.07) is 11.6. The molecule has 2 aromatic heterocycles. The molecule has 30 heavy (non-hydrogen) atoms. The van der Waals surface area contributed by atoms with Gasteiger partial charge in [-0.15, -0.1) is 0 Å². The van der Waals surface area contributed by atoms with E-state index in [2.05, 4.69) is 10.1 Å². The van der Waals surface area contributed by atoms with Gasteiger partial charge in [-0.25, -0.2) is 22.5 Å². The molecular weight excluding hydrogens is 422 g/mol. The van der Waals surface area contributed by atoms with Gasteiger partial charge < -0.3 is 0 Å². The fourth-order valence-corrected chi connectivity index (χ4v) is 3.88. The lowest BCUT2D eigenvalue weighted by molar-refractivity contribution is -0.137. The molecule has 4 rings (SSSR count). The average Bonchev–Trinajstić information content (AvgIpc) is 3.08. The van der Waals surface area contributed by atoms with Gasteiger partial charge >= 0.3 is 6.18 Å². The Labute approximate surface area is 168 Å². The highest BCUT2D eigenvalue weighted by Gasteiger charge is 2.31. The zero-order chi connectivity index (χ0) is 21.7. The first kappa shape index (κ1) is 20.0. The van der Waals surface area contributed by atoms with Gasteiger partial charge in [0.15, 0.2) is 20.7 Å². The summed E-state index contributed by atoms with van der Waals surface area (Å²) in [6.07, 6.45) is -2.35. The van der Waals surface area contributed by atoms with Gasteiger partial charge in [0.25, 0.3) is 0 Å². The molecule has 4 aromatic rings. The summed E-state index contributed by atoms with van der Waals surface area (Å²) >= 11 is 0. The number of aromatic nitrogens is 3. The zero-order valence-corrected chi connectivity index (χ0v) is 16.2. The minimum atomic E-state index is -4.61. The molecule has 0 N–H and O–H groups in total. The Morgan fingerprint density at radius 3 is 2.37 bits per heavy atom. The normalized spacial score (nSPS) is 12.4. The topological polar surface area (TPSA) is 64.8 Å².